The van der Waals surface area contributed by atoms with Crippen molar-refractivity contribution < 1.29 is 19.2 Å². The minimum absolute atomic E-state index is 0.0477. The van der Waals surface area contributed by atoms with Gasteiger partial charge in [0.25, 0.3) is 11.2 Å². The van der Waals surface area contributed by atoms with E-state index in [9.17, 15) is 19.7 Å². The molecule has 0 bridgehead atoms. The number of H-pyrrole nitrogens is 1. The first kappa shape index (κ1) is 19.5. The van der Waals surface area contributed by atoms with Crippen molar-refractivity contribution in [1.29, 1.82) is 0 Å². The predicted molar refractivity (Wildman–Crippen MR) is 103 cm³/mol. The highest BCUT2D eigenvalue weighted by Crippen LogP contribution is 2.29. The summed E-state index contributed by atoms with van der Waals surface area (Å²) in [5.74, 6) is 0.196. The van der Waals surface area contributed by atoms with Crippen LogP contribution in [0.25, 0.3) is 10.2 Å². The first-order valence-electron chi connectivity index (χ1n) is 8.43. The Bertz CT molecular complexity index is 1100. The molecule has 2 aromatic heterocycles. The predicted octanol–water partition coefficient (Wildman–Crippen LogP) is 3.52. The molecule has 0 saturated heterocycles. The Balaban J connectivity index is 1.91. The van der Waals surface area contributed by atoms with Crippen LogP contribution in [0.15, 0.2) is 29.1 Å². The Labute approximate surface area is 163 Å². The van der Waals surface area contributed by atoms with E-state index < -0.39 is 17.0 Å². The summed E-state index contributed by atoms with van der Waals surface area (Å²) >= 11 is 1.09. The lowest BCUT2D eigenvalue weighted by Crippen LogP contribution is -2.16. The van der Waals surface area contributed by atoms with Gasteiger partial charge in [0.05, 0.1) is 16.9 Å². The fraction of sp³-hybridized carbons (Fsp3) is 0.278. The van der Waals surface area contributed by atoms with Gasteiger partial charge in [-0.05, 0) is 38.5 Å². The number of benzene rings is 1. The molecule has 1 atom stereocenters. The normalized spacial score (nSPS) is 12.0. The number of aromatic amines is 1. The Morgan fingerprint density at radius 1 is 1.36 bits per heavy atom. The maximum Gasteiger partial charge on any atom is 0.348 e. The lowest BCUT2D eigenvalue weighted by atomic mass is 10.2. The Hall–Kier alpha value is -3.27. The summed E-state index contributed by atoms with van der Waals surface area (Å²) in [7, 11) is 0. The zero-order chi connectivity index (χ0) is 20.4. The van der Waals surface area contributed by atoms with Crippen molar-refractivity contribution >= 4 is 33.2 Å². The molecule has 0 spiro atoms. The molecule has 0 radical (unpaired) electrons. The molecule has 3 rings (SSSR count). The zero-order valence-electron chi connectivity index (χ0n) is 15.3. The highest BCUT2D eigenvalue weighted by atomic mass is 32.1. The van der Waals surface area contributed by atoms with Gasteiger partial charge >= 0.3 is 5.97 Å². The molecule has 10 heteroatoms. The largest absolute Gasteiger partial charge is 0.483 e. The highest BCUT2D eigenvalue weighted by Gasteiger charge is 2.21. The van der Waals surface area contributed by atoms with Crippen LogP contribution in [0.3, 0.4) is 0 Å². The summed E-state index contributed by atoms with van der Waals surface area (Å²) in [6.45, 7) is 5.32. The van der Waals surface area contributed by atoms with E-state index in [1.807, 2.05) is 0 Å². The zero-order valence-corrected chi connectivity index (χ0v) is 16.2. The smallest absolute Gasteiger partial charge is 0.348 e. The number of thiophene rings is 1. The molecule has 9 nitrogen and oxygen atoms in total. The molecule has 1 aromatic carbocycles. The standard InChI is InChI=1S/C18H17N3O6S/c1-4-26-18(23)14-9(2)13-16(22)19-15(20-17(13)28-14)10(3)27-12-7-5-11(6-8-12)21(24)25/h5-8,10H,4H2,1-3H3,(H,19,20,22). The molecular formula is C18H17N3O6S. The number of ether oxygens (including phenoxy) is 2. The second kappa shape index (κ2) is 7.77. The van der Waals surface area contributed by atoms with Gasteiger partial charge in [-0.15, -0.1) is 11.3 Å². The van der Waals surface area contributed by atoms with Gasteiger partial charge in [-0.25, -0.2) is 9.78 Å². The summed E-state index contributed by atoms with van der Waals surface area (Å²) in [4.78, 5) is 42.7. The monoisotopic (exact) mass is 403 g/mol. The number of fused-ring (bicyclic) bond motifs is 1. The molecule has 28 heavy (non-hydrogen) atoms. The quantitative estimate of drug-likeness (QED) is 0.379. The van der Waals surface area contributed by atoms with E-state index in [4.69, 9.17) is 9.47 Å². The molecule has 0 aliphatic heterocycles. The number of nitro benzene ring substituents is 1. The van der Waals surface area contributed by atoms with Crippen molar-refractivity contribution in [1.82, 2.24) is 9.97 Å². The van der Waals surface area contributed by atoms with Gasteiger partial charge in [-0.3, -0.25) is 14.9 Å². The number of nitrogens with zero attached hydrogens (tertiary/aromatic N) is 2. The molecular weight excluding hydrogens is 386 g/mol. The van der Waals surface area contributed by atoms with Crippen molar-refractivity contribution in [3.63, 3.8) is 0 Å². The van der Waals surface area contributed by atoms with Gasteiger partial charge in [-0.2, -0.15) is 0 Å². The lowest BCUT2D eigenvalue weighted by Gasteiger charge is -2.13. The Morgan fingerprint density at radius 2 is 2.04 bits per heavy atom. The van der Waals surface area contributed by atoms with Crippen LogP contribution in [0.2, 0.25) is 0 Å². The molecule has 0 aliphatic rings. The van der Waals surface area contributed by atoms with E-state index >= 15 is 0 Å². The van der Waals surface area contributed by atoms with Crippen molar-refractivity contribution in [2.24, 2.45) is 0 Å². The molecule has 1 N–H and O–H groups in total. The third-order valence-corrected chi connectivity index (χ3v) is 5.19. The molecule has 2 heterocycles. The molecule has 3 aromatic rings. The summed E-state index contributed by atoms with van der Waals surface area (Å²) in [6.07, 6.45) is -0.619. The van der Waals surface area contributed by atoms with Crippen LogP contribution >= 0.6 is 11.3 Å². The number of esters is 1. The number of aromatic nitrogens is 2. The Morgan fingerprint density at radius 3 is 2.64 bits per heavy atom. The summed E-state index contributed by atoms with van der Waals surface area (Å²) in [5.41, 5.74) is 0.111. The van der Waals surface area contributed by atoms with Crippen LogP contribution in [-0.4, -0.2) is 27.5 Å². The summed E-state index contributed by atoms with van der Waals surface area (Å²) < 4.78 is 10.7. The number of carbonyl (C=O) groups excluding carboxylic acids is 1. The minimum atomic E-state index is -0.619. The molecule has 0 aliphatic carbocycles. The van der Waals surface area contributed by atoms with Crippen LogP contribution in [-0.2, 0) is 4.74 Å². The third kappa shape index (κ3) is 3.72. The van der Waals surface area contributed by atoms with Crippen LogP contribution < -0.4 is 10.3 Å². The van der Waals surface area contributed by atoms with E-state index in [-0.39, 0.29) is 23.7 Å². The lowest BCUT2D eigenvalue weighted by molar-refractivity contribution is -0.384. The molecule has 0 saturated carbocycles. The summed E-state index contributed by atoms with van der Waals surface area (Å²) in [5, 5.41) is 11.1. The van der Waals surface area contributed by atoms with Crippen LogP contribution in [0.1, 0.15) is 41.0 Å². The van der Waals surface area contributed by atoms with Gasteiger partial charge in [-0.1, -0.05) is 0 Å². The van der Waals surface area contributed by atoms with Crippen molar-refractivity contribution in [3.8, 4) is 5.75 Å². The second-order valence-electron chi connectivity index (χ2n) is 5.92. The molecule has 1 unspecified atom stereocenters. The first-order valence-corrected chi connectivity index (χ1v) is 9.25. The second-order valence-corrected chi connectivity index (χ2v) is 6.92. The SMILES string of the molecule is CCOC(=O)c1sc2nc(C(C)Oc3ccc([N+](=O)[O-])cc3)[nH]c(=O)c2c1C. The first-order chi connectivity index (χ1) is 13.3. The number of aryl methyl sites for hydroxylation is 1. The van der Waals surface area contributed by atoms with Gasteiger partial charge < -0.3 is 14.5 Å². The maximum atomic E-state index is 12.5. The fourth-order valence-corrected chi connectivity index (χ4v) is 3.73. The number of nitrogens with one attached hydrogen (secondary N) is 1. The van der Waals surface area contributed by atoms with Crippen molar-refractivity contribution in [3.05, 3.63) is 61.0 Å². The number of rotatable bonds is 6. The van der Waals surface area contributed by atoms with Crippen molar-refractivity contribution in [2.75, 3.05) is 6.61 Å². The molecule has 0 amide bonds. The number of non-ortho nitro benzene ring substituents is 1. The van der Waals surface area contributed by atoms with E-state index in [2.05, 4.69) is 9.97 Å². The van der Waals surface area contributed by atoms with Crippen molar-refractivity contribution in [2.45, 2.75) is 26.9 Å². The number of nitro groups is 1. The highest BCUT2D eigenvalue weighted by molar-refractivity contribution is 7.20. The number of hydrogen-bond donors (Lipinski definition) is 1. The van der Waals surface area contributed by atoms with Crippen LogP contribution in [0.4, 0.5) is 5.69 Å². The summed E-state index contributed by atoms with van der Waals surface area (Å²) in [6, 6.07) is 5.60. The topological polar surface area (TPSA) is 124 Å². The average molecular weight is 403 g/mol. The fourth-order valence-electron chi connectivity index (χ4n) is 2.65. The van der Waals surface area contributed by atoms with E-state index in [0.29, 0.717) is 26.4 Å². The third-order valence-electron chi connectivity index (χ3n) is 4.03. The van der Waals surface area contributed by atoms with Gasteiger partial charge in [0.2, 0.25) is 0 Å². The van der Waals surface area contributed by atoms with E-state index in [1.165, 1.54) is 24.3 Å². The average Bonchev–Trinajstić information content (AvgIpc) is 2.99. The maximum absolute atomic E-state index is 12.5. The van der Waals surface area contributed by atoms with E-state index in [1.54, 1.807) is 20.8 Å². The van der Waals surface area contributed by atoms with E-state index in [0.717, 1.165) is 11.3 Å². The van der Waals surface area contributed by atoms with Gasteiger partial charge in [0.15, 0.2) is 11.9 Å². The van der Waals surface area contributed by atoms with Crippen LogP contribution in [0, 0.1) is 17.0 Å². The van der Waals surface area contributed by atoms with Gasteiger partial charge in [0.1, 0.15) is 15.5 Å². The number of hydrogen-bond acceptors (Lipinski definition) is 8. The Kier molecular flexibility index (Phi) is 5.41. The number of carbonyl (C=O) groups is 1. The molecule has 0 fully saturated rings. The van der Waals surface area contributed by atoms with Gasteiger partial charge in [0, 0.05) is 12.1 Å². The molecule has 146 valence electrons. The van der Waals surface area contributed by atoms with Crippen LogP contribution in [0.5, 0.6) is 5.75 Å². The minimum Gasteiger partial charge on any atom is -0.483 e.